The van der Waals surface area contributed by atoms with Crippen molar-refractivity contribution in [3.63, 3.8) is 0 Å². The van der Waals surface area contributed by atoms with Gasteiger partial charge in [0, 0.05) is 24.0 Å². The van der Waals surface area contributed by atoms with Crippen LogP contribution in [0.2, 0.25) is 0 Å². The number of fused-ring (bicyclic) bond motifs is 1. The van der Waals surface area contributed by atoms with E-state index >= 15 is 0 Å². The zero-order valence-electron chi connectivity index (χ0n) is 10.5. The van der Waals surface area contributed by atoms with Crippen LogP contribution in [0.15, 0.2) is 54.7 Å². The first-order chi connectivity index (χ1) is 9.36. The molecular formula is C17H14N2. The number of nitrogens with one attached hydrogen (secondary N) is 2. The summed E-state index contributed by atoms with van der Waals surface area (Å²) in [6.07, 6.45) is 7.37. The predicted molar refractivity (Wildman–Crippen MR) is 80.0 cm³/mol. The SMILES string of the molecule is C#Cc1cccc(NCc2cccc3cc[nH]c23)c1. The Morgan fingerprint density at radius 3 is 2.89 bits per heavy atom. The molecule has 3 aromatic rings. The molecule has 0 bridgehead atoms. The van der Waals surface area contributed by atoms with E-state index in [-0.39, 0.29) is 0 Å². The molecule has 2 aromatic carbocycles. The number of rotatable bonds is 3. The monoisotopic (exact) mass is 246 g/mol. The second-order valence-electron chi connectivity index (χ2n) is 4.44. The van der Waals surface area contributed by atoms with E-state index < -0.39 is 0 Å². The highest BCUT2D eigenvalue weighted by atomic mass is 14.9. The fourth-order valence-corrected chi connectivity index (χ4v) is 2.21. The second-order valence-corrected chi connectivity index (χ2v) is 4.44. The van der Waals surface area contributed by atoms with E-state index in [4.69, 9.17) is 6.42 Å². The quantitative estimate of drug-likeness (QED) is 0.677. The summed E-state index contributed by atoms with van der Waals surface area (Å²) in [5.74, 6) is 2.64. The molecule has 2 nitrogen and oxygen atoms in total. The van der Waals surface area contributed by atoms with Crippen LogP contribution >= 0.6 is 0 Å². The molecule has 1 heterocycles. The highest BCUT2D eigenvalue weighted by Gasteiger charge is 2.01. The summed E-state index contributed by atoms with van der Waals surface area (Å²) in [6, 6.07) is 16.3. The number of para-hydroxylation sites is 1. The minimum atomic E-state index is 0.770. The van der Waals surface area contributed by atoms with Crippen molar-refractivity contribution in [2.45, 2.75) is 6.54 Å². The van der Waals surface area contributed by atoms with Crippen molar-refractivity contribution < 1.29 is 0 Å². The molecule has 0 spiro atoms. The fraction of sp³-hybridized carbons (Fsp3) is 0.0588. The molecule has 0 saturated heterocycles. The molecule has 0 aliphatic carbocycles. The highest BCUT2D eigenvalue weighted by Crippen LogP contribution is 2.18. The maximum atomic E-state index is 5.40. The van der Waals surface area contributed by atoms with Crippen molar-refractivity contribution in [3.05, 3.63) is 65.9 Å². The molecule has 0 aliphatic rings. The average molecular weight is 246 g/mol. The summed E-state index contributed by atoms with van der Waals surface area (Å²) in [5.41, 5.74) is 4.36. The van der Waals surface area contributed by atoms with Gasteiger partial charge in [0.1, 0.15) is 0 Å². The lowest BCUT2D eigenvalue weighted by molar-refractivity contribution is 1.16. The van der Waals surface area contributed by atoms with Crippen LogP contribution in [-0.4, -0.2) is 4.98 Å². The molecule has 0 fully saturated rings. The van der Waals surface area contributed by atoms with Gasteiger partial charge in [0.2, 0.25) is 0 Å². The average Bonchev–Trinajstić information content (AvgIpc) is 2.94. The molecule has 0 amide bonds. The van der Waals surface area contributed by atoms with Crippen LogP contribution in [0.3, 0.4) is 0 Å². The Balaban J connectivity index is 1.82. The van der Waals surface area contributed by atoms with Crippen LogP contribution in [0.1, 0.15) is 11.1 Å². The number of terminal acetylenes is 1. The molecule has 0 unspecified atom stereocenters. The van der Waals surface area contributed by atoms with Gasteiger partial charge in [-0.25, -0.2) is 0 Å². The number of aromatic amines is 1. The molecule has 19 heavy (non-hydrogen) atoms. The van der Waals surface area contributed by atoms with Crippen molar-refractivity contribution in [1.29, 1.82) is 0 Å². The van der Waals surface area contributed by atoms with Crippen molar-refractivity contribution in [1.82, 2.24) is 4.98 Å². The smallest absolute Gasteiger partial charge is 0.0504 e. The molecule has 0 radical (unpaired) electrons. The van der Waals surface area contributed by atoms with Crippen LogP contribution in [0.4, 0.5) is 5.69 Å². The minimum Gasteiger partial charge on any atom is -0.381 e. The van der Waals surface area contributed by atoms with Gasteiger partial charge >= 0.3 is 0 Å². The highest BCUT2D eigenvalue weighted by molar-refractivity contribution is 5.82. The zero-order chi connectivity index (χ0) is 13.1. The first kappa shape index (κ1) is 11.4. The molecule has 92 valence electrons. The molecule has 2 heteroatoms. The maximum Gasteiger partial charge on any atom is 0.0504 e. The van der Waals surface area contributed by atoms with Gasteiger partial charge in [0.05, 0.1) is 5.52 Å². The van der Waals surface area contributed by atoms with Crippen molar-refractivity contribution in [2.24, 2.45) is 0 Å². The molecule has 1 aromatic heterocycles. The van der Waals surface area contributed by atoms with Gasteiger partial charge in [-0.3, -0.25) is 0 Å². The Morgan fingerprint density at radius 1 is 1.11 bits per heavy atom. The van der Waals surface area contributed by atoms with Gasteiger partial charge in [-0.05, 0) is 35.2 Å². The summed E-state index contributed by atoms with van der Waals surface area (Å²) >= 11 is 0. The largest absolute Gasteiger partial charge is 0.381 e. The number of aromatic nitrogens is 1. The van der Waals surface area contributed by atoms with Gasteiger partial charge in [-0.15, -0.1) is 6.42 Å². The van der Waals surface area contributed by atoms with E-state index in [1.54, 1.807) is 0 Å². The number of benzene rings is 2. The third-order valence-electron chi connectivity index (χ3n) is 3.19. The third-order valence-corrected chi connectivity index (χ3v) is 3.19. The van der Waals surface area contributed by atoms with Gasteiger partial charge in [0.15, 0.2) is 0 Å². The predicted octanol–water partition coefficient (Wildman–Crippen LogP) is 3.76. The van der Waals surface area contributed by atoms with E-state index in [2.05, 4.69) is 40.5 Å². The molecule has 0 aliphatic heterocycles. The number of hydrogen-bond donors (Lipinski definition) is 2. The van der Waals surface area contributed by atoms with Crippen molar-refractivity contribution >= 4 is 16.6 Å². The Morgan fingerprint density at radius 2 is 2.00 bits per heavy atom. The minimum absolute atomic E-state index is 0.770. The van der Waals surface area contributed by atoms with Crippen LogP contribution in [0, 0.1) is 12.3 Å². The molecule has 0 saturated carbocycles. The van der Waals surface area contributed by atoms with E-state index in [1.165, 1.54) is 16.5 Å². The Labute approximate surface area is 112 Å². The summed E-state index contributed by atoms with van der Waals surface area (Å²) < 4.78 is 0. The molecular weight excluding hydrogens is 232 g/mol. The molecule has 3 rings (SSSR count). The van der Waals surface area contributed by atoms with Crippen molar-refractivity contribution in [3.8, 4) is 12.3 Å². The number of anilines is 1. The summed E-state index contributed by atoms with van der Waals surface area (Å²) in [7, 11) is 0. The second kappa shape index (κ2) is 4.91. The lowest BCUT2D eigenvalue weighted by atomic mass is 10.1. The van der Waals surface area contributed by atoms with Crippen LogP contribution in [-0.2, 0) is 6.54 Å². The summed E-state index contributed by atoms with van der Waals surface area (Å²) in [6.45, 7) is 0.770. The Hall–Kier alpha value is -2.66. The standard InChI is InChI=1S/C17H14N2/c1-2-13-5-3-8-16(11-13)19-12-15-7-4-6-14-9-10-18-17(14)15/h1,3-11,18-19H,12H2. The van der Waals surface area contributed by atoms with E-state index in [0.29, 0.717) is 0 Å². The fourth-order valence-electron chi connectivity index (χ4n) is 2.21. The molecule has 2 N–H and O–H groups in total. The first-order valence-electron chi connectivity index (χ1n) is 6.22. The third kappa shape index (κ3) is 2.31. The van der Waals surface area contributed by atoms with E-state index in [0.717, 1.165) is 17.8 Å². The normalized spacial score (nSPS) is 10.3. The number of hydrogen-bond acceptors (Lipinski definition) is 1. The lowest BCUT2D eigenvalue weighted by Gasteiger charge is -2.08. The number of H-pyrrole nitrogens is 1. The lowest BCUT2D eigenvalue weighted by Crippen LogP contribution is -2.00. The van der Waals surface area contributed by atoms with E-state index in [1.807, 2.05) is 30.5 Å². The summed E-state index contributed by atoms with van der Waals surface area (Å²) in [4.78, 5) is 3.27. The Bertz CT molecular complexity index is 747. The Kier molecular flexibility index (Phi) is 2.96. The summed E-state index contributed by atoms with van der Waals surface area (Å²) in [5, 5.41) is 4.64. The maximum absolute atomic E-state index is 5.40. The first-order valence-corrected chi connectivity index (χ1v) is 6.22. The van der Waals surface area contributed by atoms with Crippen molar-refractivity contribution in [2.75, 3.05) is 5.32 Å². The zero-order valence-corrected chi connectivity index (χ0v) is 10.5. The van der Waals surface area contributed by atoms with Gasteiger partial charge in [-0.2, -0.15) is 0 Å². The van der Waals surface area contributed by atoms with Gasteiger partial charge in [0.25, 0.3) is 0 Å². The van der Waals surface area contributed by atoms with Crippen LogP contribution < -0.4 is 5.32 Å². The van der Waals surface area contributed by atoms with Crippen LogP contribution in [0.25, 0.3) is 10.9 Å². The topological polar surface area (TPSA) is 27.8 Å². The van der Waals surface area contributed by atoms with E-state index in [9.17, 15) is 0 Å². The van der Waals surface area contributed by atoms with Gasteiger partial charge < -0.3 is 10.3 Å². The van der Waals surface area contributed by atoms with Crippen LogP contribution in [0.5, 0.6) is 0 Å². The molecule has 0 atom stereocenters. The van der Waals surface area contributed by atoms with Gasteiger partial charge in [-0.1, -0.05) is 30.2 Å².